The summed E-state index contributed by atoms with van der Waals surface area (Å²) in [6, 6.07) is 0. The van der Waals surface area contributed by atoms with Gasteiger partial charge in [0.2, 0.25) is 5.03 Å². The number of rotatable bonds is 6. The molecule has 20 heavy (non-hydrogen) atoms. The summed E-state index contributed by atoms with van der Waals surface area (Å²) in [4.78, 5) is 4.82. The first-order valence-electron chi connectivity index (χ1n) is 6.50. The van der Waals surface area contributed by atoms with Gasteiger partial charge in [-0.3, -0.25) is 4.40 Å². The molecule has 0 unspecified atom stereocenters. The fraction of sp³-hybridized carbons (Fsp3) is 0.545. The molecule has 1 aliphatic carbocycles. The SMILES string of the molecule is CCN(CC1CC1)S(=O)(=O)c1c(NN)nc2sccn12. The molecule has 9 heteroatoms. The molecule has 0 saturated heterocycles. The minimum Gasteiger partial charge on any atom is -0.306 e. The number of hydrazine groups is 1. The highest BCUT2D eigenvalue weighted by atomic mass is 32.2. The maximum atomic E-state index is 12.9. The summed E-state index contributed by atoms with van der Waals surface area (Å²) in [5, 5.41) is 1.93. The number of thiazole rings is 1. The molecule has 110 valence electrons. The Hall–Kier alpha value is -1.16. The first-order valence-corrected chi connectivity index (χ1v) is 8.82. The lowest BCUT2D eigenvalue weighted by Gasteiger charge is -2.20. The maximum Gasteiger partial charge on any atom is 0.262 e. The Bertz CT molecular complexity index is 716. The normalized spacial score (nSPS) is 16.1. The van der Waals surface area contributed by atoms with Crippen LogP contribution in [0.5, 0.6) is 0 Å². The fourth-order valence-electron chi connectivity index (χ4n) is 2.21. The number of anilines is 1. The van der Waals surface area contributed by atoms with Crippen LogP contribution in [-0.2, 0) is 10.0 Å². The van der Waals surface area contributed by atoms with E-state index in [9.17, 15) is 8.42 Å². The Morgan fingerprint density at radius 3 is 2.95 bits per heavy atom. The van der Waals surface area contributed by atoms with Crippen molar-refractivity contribution in [1.29, 1.82) is 0 Å². The van der Waals surface area contributed by atoms with Crippen LogP contribution in [0.25, 0.3) is 4.96 Å². The predicted octanol–water partition coefficient (Wildman–Crippen LogP) is 1.10. The zero-order chi connectivity index (χ0) is 14.3. The van der Waals surface area contributed by atoms with Gasteiger partial charge in [-0.15, -0.1) is 11.3 Å². The van der Waals surface area contributed by atoms with Crippen LogP contribution in [0.1, 0.15) is 19.8 Å². The molecule has 0 radical (unpaired) electrons. The molecule has 0 spiro atoms. The van der Waals surface area contributed by atoms with Crippen molar-refractivity contribution >= 4 is 32.1 Å². The van der Waals surface area contributed by atoms with E-state index in [1.54, 1.807) is 16.0 Å². The third kappa shape index (κ3) is 2.20. The molecule has 3 N–H and O–H groups in total. The minimum absolute atomic E-state index is 0.124. The molecule has 0 atom stereocenters. The summed E-state index contributed by atoms with van der Waals surface area (Å²) in [6.07, 6.45) is 3.91. The van der Waals surface area contributed by atoms with Gasteiger partial charge >= 0.3 is 0 Å². The molecule has 0 bridgehead atoms. The lowest BCUT2D eigenvalue weighted by Crippen LogP contribution is -2.34. The Morgan fingerprint density at radius 1 is 1.60 bits per heavy atom. The number of hydrogen-bond donors (Lipinski definition) is 2. The Balaban J connectivity index is 2.08. The van der Waals surface area contributed by atoms with E-state index in [1.807, 2.05) is 6.92 Å². The van der Waals surface area contributed by atoms with Gasteiger partial charge in [0, 0.05) is 24.7 Å². The Morgan fingerprint density at radius 2 is 2.35 bits per heavy atom. The van der Waals surface area contributed by atoms with E-state index in [1.165, 1.54) is 15.6 Å². The molecule has 1 saturated carbocycles. The monoisotopic (exact) mass is 315 g/mol. The van der Waals surface area contributed by atoms with Crippen molar-refractivity contribution in [2.45, 2.75) is 24.8 Å². The van der Waals surface area contributed by atoms with Crippen molar-refractivity contribution in [3.63, 3.8) is 0 Å². The molecule has 7 nitrogen and oxygen atoms in total. The van der Waals surface area contributed by atoms with Crippen LogP contribution >= 0.6 is 11.3 Å². The van der Waals surface area contributed by atoms with Crippen molar-refractivity contribution in [3.05, 3.63) is 11.6 Å². The molecule has 2 heterocycles. The van der Waals surface area contributed by atoms with Gasteiger partial charge in [0.05, 0.1) is 0 Å². The van der Waals surface area contributed by atoms with Crippen LogP contribution in [0.15, 0.2) is 16.6 Å². The van der Waals surface area contributed by atoms with Gasteiger partial charge in [-0.25, -0.2) is 14.3 Å². The molecule has 2 aromatic rings. The number of hydrogen-bond acceptors (Lipinski definition) is 6. The number of fused-ring (bicyclic) bond motifs is 1. The molecule has 1 fully saturated rings. The quantitative estimate of drug-likeness (QED) is 0.615. The van der Waals surface area contributed by atoms with E-state index >= 15 is 0 Å². The number of nitrogens with two attached hydrogens (primary N) is 1. The molecule has 0 aliphatic heterocycles. The summed E-state index contributed by atoms with van der Waals surface area (Å²) >= 11 is 1.37. The van der Waals surface area contributed by atoms with Crippen LogP contribution < -0.4 is 11.3 Å². The van der Waals surface area contributed by atoms with E-state index in [-0.39, 0.29) is 10.8 Å². The second-order valence-corrected chi connectivity index (χ2v) is 7.59. The summed E-state index contributed by atoms with van der Waals surface area (Å²) in [5.41, 5.74) is 2.39. The Kier molecular flexibility index (Phi) is 3.44. The van der Waals surface area contributed by atoms with Gasteiger partial charge in [-0.2, -0.15) is 9.29 Å². The standard InChI is InChI=1S/C11H17N5O2S2/c1-2-15(7-8-3-4-8)20(17,18)10-9(14-12)13-11-16(10)5-6-19-11/h5-6,8,14H,2-4,7,12H2,1H3. The third-order valence-corrected chi connectivity index (χ3v) is 6.17. The van der Waals surface area contributed by atoms with Crippen molar-refractivity contribution in [1.82, 2.24) is 13.7 Å². The molecule has 0 aromatic carbocycles. The number of imidazole rings is 1. The summed E-state index contributed by atoms with van der Waals surface area (Å²) < 4.78 is 28.8. The van der Waals surface area contributed by atoms with E-state index in [0.717, 1.165) is 12.8 Å². The van der Waals surface area contributed by atoms with E-state index in [0.29, 0.717) is 24.0 Å². The fourth-order valence-corrected chi connectivity index (χ4v) is 4.72. The van der Waals surface area contributed by atoms with Gasteiger partial charge in [-0.1, -0.05) is 6.92 Å². The molecule has 2 aromatic heterocycles. The molecule has 0 amide bonds. The van der Waals surface area contributed by atoms with Crippen LogP contribution in [0.3, 0.4) is 0 Å². The lowest BCUT2D eigenvalue weighted by molar-refractivity contribution is 0.410. The molecule has 1 aliphatic rings. The minimum atomic E-state index is -3.60. The number of nitrogen functional groups attached to an aromatic ring is 1. The van der Waals surface area contributed by atoms with Crippen LogP contribution in [-0.4, -0.2) is 35.2 Å². The first-order chi connectivity index (χ1) is 9.57. The van der Waals surface area contributed by atoms with Gasteiger partial charge in [0.25, 0.3) is 10.0 Å². The highest BCUT2D eigenvalue weighted by Gasteiger charge is 2.34. The van der Waals surface area contributed by atoms with Crippen molar-refractivity contribution < 1.29 is 8.42 Å². The van der Waals surface area contributed by atoms with Gasteiger partial charge in [0.1, 0.15) is 0 Å². The number of sulfonamides is 1. The smallest absolute Gasteiger partial charge is 0.262 e. The predicted molar refractivity (Wildman–Crippen MR) is 78.0 cm³/mol. The summed E-state index contributed by atoms with van der Waals surface area (Å²) in [7, 11) is -3.60. The van der Waals surface area contributed by atoms with Gasteiger partial charge in [0.15, 0.2) is 10.8 Å². The largest absolute Gasteiger partial charge is 0.306 e. The highest BCUT2D eigenvalue weighted by Crippen LogP contribution is 2.33. The van der Waals surface area contributed by atoms with Crippen LogP contribution in [0.4, 0.5) is 5.82 Å². The zero-order valence-corrected chi connectivity index (χ0v) is 12.7. The second kappa shape index (κ2) is 4.99. The van der Waals surface area contributed by atoms with Crippen molar-refractivity contribution in [2.24, 2.45) is 11.8 Å². The molecular weight excluding hydrogens is 298 g/mol. The second-order valence-electron chi connectivity index (χ2n) is 4.86. The first kappa shape index (κ1) is 13.8. The molecule has 3 rings (SSSR count). The van der Waals surface area contributed by atoms with Crippen LogP contribution in [0, 0.1) is 5.92 Å². The van der Waals surface area contributed by atoms with Gasteiger partial charge in [-0.05, 0) is 18.8 Å². The average molecular weight is 315 g/mol. The lowest BCUT2D eigenvalue weighted by atomic mass is 10.4. The maximum absolute atomic E-state index is 12.9. The third-order valence-electron chi connectivity index (χ3n) is 3.45. The van der Waals surface area contributed by atoms with E-state index in [4.69, 9.17) is 5.84 Å². The molecular formula is C11H17N5O2S2. The summed E-state index contributed by atoms with van der Waals surface area (Å²) in [6.45, 7) is 2.86. The zero-order valence-electron chi connectivity index (χ0n) is 11.1. The average Bonchev–Trinajstić information content (AvgIpc) is 2.99. The number of nitrogens with zero attached hydrogens (tertiary/aromatic N) is 3. The number of nitrogens with one attached hydrogen (secondary N) is 1. The van der Waals surface area contributed by atoms with E-state index in [2.05, 4.69) is 10.4 Å². The highest BCUT2D eigenvalue weighted by molar-refractivity contribution is 7.89. The van der Waals surface area contributed by atoms with E-state index < -0.39 is 10.0 Å². The van der Waals surface area contributed by atoms with Crippen molar-refractivity contribution in [2.75, 3.05) is 18.5 Å². The van der Waals surface area contributed by atoms with Gasteiger partial charge < -0.3 is 5.43 Å². The van der Waals surface area contributed by atoms with Crippen LogP contribution in [0.2, 0.25) is 0 Å². The number of aromatic nitrogens is 2. The topological polar surface area (TPSA) is 92.7 Å². The Labute approximate surface area is 121 Å². The van der Waals surface area contributed by atoms with Crippen molar-refractivity contribution in [3.8, 4) is 0 Å². The summed E-state index contributed by atoms with van der Waals surface area (Å²) in [5.74, 6) is 6.11.